The number of carbonyl (C=O) groups is 2. The number of benzene rings is 2. The topological polar surface area (TPSA) is 78.0 Å². The number of hydrogen-bond donors (Lipinski definition) is 0. The van der Waals surface area contributed by atoms with Gasteiger partial charge in [0.15, 0.2) is 0 Å². The molecule has 0 aliphatic carbocycles. The standard InChI is InChI=1S/C22H24ClN3O4S/c1-16-15-31(29,30)26(21(16)27)18-7-8-19(20(23)13-18)22(28)25-11-9-24(10-12-25)14-17-5-3-2-4-6-17/h2-8,13,16H,9-12,14-15H2,1H3/t16-/m0/s1. The summed E-state index contributed by atoms with van der Waals surface area (Å²) in [6, 6.07) is 14.6. The van der Waals surface area contributed by atoms with E-state index in [4.69, 9.17) is 11.6 Å². The quantitative estimate of drug-likeness (QED) is 0.699. The summed E-state index contributed by atoms with van der Waals surface area (Å²) in [7, 11) is -3.72. The van der Waals surface area contributed by atoms with Crippen molar-refractivity contribution in [2.75, 3.05) is 36.2 Å². The van der Waals surface area contributed by atoms with Gasteiger partial charge in [0.05, 0.1) is 27.9 Å². The maximum absolute atomic E-state index is 13.0. The monoisotopic (exact) mass is 461 g/mol. The van der Waals surface area contributed by atoms with Gasteiger partial charge in [0.1, 0.15) is 0 Å². The first-order valence-electron chi connectivity index (χ1n) is 10.2. The normalized spacial score (nSPS) is 21.5. The first-order chi connectivity index (χ1) is 14.8. The second-order valence-electron chi connectivity index (χ2n) is 8.00. The van der Waals surface area contributed by atoms with Gasteiger partial charge in [0.2, 0.25) is 15.9 Å². The minimum atomic E-state index is -3.72. The van der Waals surface area contributed by atoms with Crippen LogP contribution in [0.15, 0.2) is 48.5 Å². The molecule has 2 fully saturated rings. The van der Waals surface area contributed by atoms with Crippen molar-refractivity contribution < 1.29 is 18.0 Å². The number of nitrogens with zero attached hydrogens (tertiary/aromatic N) is 3. The van der Waals surface area contributed by atoms with E-state index in [2.05, 4.69) is 17.0 Å². The predicted molar refractivity (Wildman–Crippen MR) is 120 cm³/mol. The highest BCUT2D eigenvalue weighted by atomic mass is 35.5. The summed E-state index contributed by atoms with van der Waals surface area (Å²) in [4.78, 5) is 29.3. The molecule has 0 aromatic heterocycles. The first-order valence-corrected chi connectivity index (χ1v) is 12.2. The van der Waals surface area contributed by atoms with E-state index < -0.39 is 21.8 Å². The lowest BCUT2D eigenvalue weighted by molar-refractivity contribution is -0.119. The molecule has 31 heavy (non-hydrogen) atoms. The van der Waals surface area contributed by atoms with E-state index in [9.17, 15) is 18.0 Å². The van der Waals surface area contributed by atoms with E-state index in [0.29, 0.717) is 18.7 Å². The van der Waals surface area contributed by atoms with Crippen molar-refractivity contribution in [3.63, 3.8) is 0 Å². The van der Waals surface area contributed by atoms with Crippen molar-refractivity contribution in [2.45, 2.75) is 13.5 Å². The van der Waals surface area contributed by atoms with Gasteiger partial charge in [-0.05, 0) is 23.8 Å². The zero-order valence-electron chi connectivity index (χ0n) is 17.2. The number of halogens is 1. The molecule has 164 valence electrons. The lowest BCUT2D eigenvalue weighted by Gasteiger charge is -2.35. The van der Waals surface area contributed by atoms with E-state index in [-0.39, 0.29) is 22.4 Å². The van der Waals surface area contributed by atoms with Gasteiger partial charge in [-0.2, -0.15) is 0 Å². The Labute approximate surface area is 187 Å². The summed E-state index contributed by atoms with van der Waals surface area (Å²) < 4.78 is 25.4. The lowest BCUT2D eigenvalue weighted by Crippen LogP contribution is -2.48. The van der Waals surface area contributed by atoms with Crippen LogP contribution in [0.1, 0.15) is 22.8 Å². The predicted octanol–water partition coefficient (Wildman–Crippen LogP) is 2.61. The van der Waals surface area contributed by atoms with Crippen LogP contribution in [0.3, 0.4) is 0 Å². The molecular formula is C22H24ClN3O4S. The number of piperazine rings is 1. The van der Waals surface area contributed by atoms with Crippen LogP contribution in [0, 0.1) is 5.92 Å². The van der Waals surface area contributed by atoms with Gasteiger partial charge in [-0.15, -0.1) is 0 Å². The van der Waals surface area contributed by atoms with Gasteiger partial charge in [0, 0.05) is 32.7 Å². The molecule has 1 atom stereocenters. The van der Waals surface area contributed by atoms with Crippen molar-refractivity contribution in [3.05, 3.63) is 64.7 Å². The third-order valence-corrected chi connectivity index (χ3v) is 7.87. The fourth-order valence-electron chi connectivity index (χ4n) is 4.01. The molecule has 0 unspecified atom stereocenters. The van der Waals surface area contributed by atoms with E-state index in [0.717, 1.165) is 23.9 Å². The van der Waals surface area contributed by atoms with E-state index in [1.54, 1.807) is 11.8 Å². The number of carbonyl (C=O) groups excluding carboxylic acids is 2. The third-order valence-electron chi connectivity index (χ3n) is 5.69. The van der Waals surface area contributed by atoms with Crippen molar-refractivity contribution >= 4 is 39.1 Å². The van der Waals surface area contributed by atoms with Crippen LogP contribution in [0.2, 0.25) is 5.02 Å². The Hall–Kier alpha value is -2.42. The number of hydrogen-bond acceptors (Lipinski definition) is 5. The average molecular weight is 462 g/mol. The Balaban J connectivity index is 1.43. The molecule has 2 amide bonds. The van der Waals surface area contributed by atoms with Crippen molar-refractivity contribution in [3.8, 4) is 0 Å². The van der Waals surface area contributed by atoms with Gasteiger partial charge in [-0.25, -0.2) is 12.7 Å². The molecule has 2 aliphatic heterocycles. The summed E-state index contributed by atoms with van der Waals surface area (Å²) in [6.07, 6.45) is 0. The van der Waals surface area contributed by atoms with Gasteiger partial charge in [-0.1, -0.05) is 48.9 Å². The Morgan fingerprint density at radius 2 is 1.74 bits per heavy atom. The van der Waals surface area contributed by atoms with Crippen LogP contribution in [-0.4, -0.2) is 62.0 Å². The van der Waals surface area contributed by atoms with Gasteiger partial charge in [0.25, 0.3) is 5.91 Å². The molecule has 2 aliphatic rings. The SMILES string of the molecule is C[C@H]1CS(=O)(=O)N(c2ccc(C(=O)N3CCN(Cc4ccccc4)CC3)c(Cl)c2)C1=O. The number of sulfonamides is 1. The first kappa shape index (κ1) is 21.8. The number of amides is 2. The third kappa shape index (κ3) is 4.46. The molecule has 0 saturated carbocycles. The van der Waals surface area contributed by atoms with Gasteiger partial charge >= 0.3 is 0 Å². The fourth-order valence-corrected chi connectivity index (χ4v) is 6.08. The average Bonchev–Trinajstić information content (AvgIpc) is 2.95. The molecule has 0 bridgehead atoms. The molecule has 0 spiro atoms. The maximum atomic E-state index is 13.0. The minimum Gasteiger partial charge on any atom is -0.336 e. The molecular weight excluding hydrogens is 438 g/mol. The van der Waals surface area contributed by atoms with Crippen LogP contribution in [0.5, 0.6) is 0 Å². The highest BCUT2D eigenvalue weighted by molar-refractivity contribution is 7.94. The van der Waals surface area contributed by atoms with Crippen LogP contribution in [0.4, 0.5) is 5.69 Å². The number of rotatable bonds is 4. The van der Waals surface area contributed by atoms with Gasteiger partial charge in [-0.3, -0.25) is 14.5 Å². The molecule has 2 heterocycles. The zero-order chi connectivity index (χ0) is 22.2. The summed E-state index contributed by atoms with van der Waals surface area (Å²) in [5, 5.41) is 0.136. The van der Waals surface area contributed by atoms with E-state index in [1.165, 1.54) is 23.8 Å². The molecule has 2 aromatic carbocycles. The summed E-state index contributed by atoms with van der Waals surface area (Å²) in [6.45, 7) is 5.11. The van der Waals surface area contributed by atoms with Crippen molar-refractivity contribution in [1.29, 1.82) is 0 Å². The molecule has 2 saturated heterocycles. The zero-order valence-corrected chi connectivity index (χ0v) is 18.8. The molecule has 2 aromatic rings. The Bertz CT molecular complexity index is 1100. The molecule has 7 nitrogen and oxygen atoms in total. The van der Waals surface area contributed by atoms with Crippen LogP contribution < -0.4 is 4.31 Å². The highest BCUT2D eigenvalue weighted by Crippen LogP contribution is 2.32. The number of anilines is 1. The van der Waals surface area contributed by atoms with E-state index in [1.807, 2.05) is 18.2 Å². The van der Waals surface area contributed by atoms with Crippen LogP contribution >= 0.6 is 11.6 Å². The largest absolute Gasteiger partial charge is 0.336 e. The fraction of sp³-hybridized carbons (Fsp3) is 0.364. The Morgan fingerprint density at radius 3 is 2.32 bits per heavy atom. The van der Waals surface area contributed by atoms with Crippen LogP contribution in [0.25, 0.3) is 0 Å². The maximum Gasteiger partial charge on any atom is 0.255 e. The Kier molecular flexibility index (Phi) is 6.05. The lowest BCUT2D eigenvalue weighted by atomic mass is 10.1. The van der Waals surface area contributed by atoms with Crippen molar-refractivity contribution in [2.24, 2.45) is 5.92 Å². The Morgan fingerprint density at radius 1 is 1.06 bits per heavy atom. The summed E-state index contributed by atoms with van der Waals surface area (Å²) in [5.74, 6) is -1.50. The van der Waals surface area contributed by atoms with Crippen LogP contribution in [-0.2, 0) is 21.4 Å². The molecule has 4 rings (SSSR count). The summed E-state index contributed by atoms with van der Waals surface area (Å²) >= 11 is 6.34. The second kappa shape index (κ2) is 8.61. The molecule has 0 radical (unpaired) electrons. The summed E-state index contributed by atoms with van der Waals surface area (Å²) in [5.41, 5.74) is 1.71. The second-order valence-corrected chi connectivity index (χ2v) is 10.3. The molecule has 0 N–H and O–H groups in total. The van der Waals surface area contributed by atoms with Gasteiger partial charge < -0.3 is 4.90 Å². The van der Waals surface area contributed by atoms with E-state index >= 15 is 0 Å². The molecule has 9 heteroatoms. The van der Waals surface area contributed by atoms with Crippen molar-refractivity contribution in [1.82, 2.24) is 9.80 Å². The highest BCUT2D eigenvalue weighted by Gasteiger charge is 2.42. The minimum absolute atomic E-state index is 0.136. The smallest absolute Gasteiger partial charge is 0.255 e.